The number of amides is 2. The van der Waals surface area contributed by atoms with Gasteiger partial charge in [-0.15, -0.1) is 11.3 Å². The second kappa shape index (κ2) is 7.42. The monoisotopic (exact) mass is 328 g/mol. The van der Waals surface area contributed by atoms with E-state index in [1.165, 1.54) is 4.88 Å². The van der Waals surface area contributed by atoms with Gasteiger partial charge in [0, 0.05) is 35.6 Å². The average Bonchev–Trinajstić information content (AvgIpc) is 3.20. The Hall–Kier alpha value is -2.14. The first-order valence-corrected chi connectivity index (χ1v) is 8.83. The molecule has 3 rings (SSSR count). The summed E-state index contributed by atoms with van der Waals surface area (Å²) in [7, 11) is 0. The molecule has 1 aliphatic rings. The van der Waals surface area contributed by atoms with Gasteiger partial charge in [0.2, 0.25) is 11.8 Å². The standard InChI is InChI=1S/C18H20N2O2S/c21-17(6-1-4-16-5-3-13-23-16)19-14-8-10-15(11-9-14)20-12-2-7-18(20)22/h3,5,8-11,13H,1-2,4,6-7,12H2,(H,19,21). The van der Waals surface area contributed by atoms with Crippen LogP contribution in [0.4, 0.5) is 11.4 Å². The molecule has 1 fully saturated rings. The predicted octanol–water partition coefficient (Wildman–Crippen LogP) is 3.84. The minimum atomic E-state index is 0.0338. The van der Waals surface area contributed by atoms with Crippen LogP contribution < -0.4 is 10.2 Å². The third kappa shape index (κ3) is 4.20. The molecule has 2 amide bonds. The number of nitrogens with zero attached hydrogens (tertiary/aromatic N) is 1. The second-order valence-electron chi connectivity index (χ2n) is 5.68. The number of anilines is 2. The molecular formula is C18H20N2O2S. The van der Waals surface area contributed by atoms with Crippen LogP contribution in [0.3, 0.4) is 0 Å². The number of carbonyl (C=O) groups excluding carboxylic acids is 2. The van der Waals surface area contributed by atoms with Crippen molar-refractivity contribution in [3.63, 3.8) is 0 Å². The Morgan fingerprint density at radius 2 is 2.04 bits per heavy atom. The Kier molecular flexibility index (Phi) is 5.08. The maximum atomic E-state index is 12.0. The first-order valence-electron chi connectivity index (χ1n) is 7.95. The summed E-state index contributed by atoms with van der Waals surface area (Å²) in [5, 5.41) is 4.97. The predicted molar refractivity (Wildman–Crippen MR) is 93.9 cm³/mol. The molecule has 120 valence electrons. The van der Waals surface area contributed by atoms with E-state index in [0.717, 1.165) is 37.2 Å². The zero-order valence-corrected chi connectivity index (χ0v) is 13.8. The summed E-state index contributed by atoms with van der Waals surface area (Å²) in [6.45, 7) is 0.785. The fourth-order valence-corrected chi connectivity index (χ4v) is 3.50. The van der Waals surface area contributed by atoms with Crippen molar-refractivity contribution >= 4 is 34.5 Å². The van der Waals surface area contributed by atoms with Crippen LogP contribution in [0.1, 0.15) is 30.6 Å². The molecule has 0 unspecified atom stereocenters. The number of nitrogens with one attached hydrogen (secondary N) is 1. The van der Waals surface area contributed by atoms with Crippen molar-refractivity contribution in [2.45, 2.75) is 32.1 Å². The van der Waals surface area contributed by atoms with Gasteiger partial charge < -0.3 is 10.2 Å². The Morgan fingerprint density at radius 1 is 1.22 bits per heavy atom. The first kappa shape index (κ1) is 15.7. The summed E-state index contributed by atoms with van der Waals surface area (Å²) >= 11 is 1.73. The molecule has 0 bridgehead atoms. The van der Waals surface area contributed by atoms with Crippen LogP contribution in [0.25, 0.3) is 0 Å². The van der Waals surface area contributed by atoms with Crippen LogP contribution in [-0.4, -0.2) is 18.4 Å². The van der Waals surface area contributed by atoms with Gasteiger partial charge in [0.15, 0.2) is 0 Å². The van der Waals surface area contributed by atoms with Crippen molar-refractivity contribution in [1.82, 2.24) is 0 Å². The van der Waals surface area contributed by atoms with Crippen molar-refractivity contribution < 1.29 is 9.59 Å². The van der Waals surface area contributed by atoms with E-state index in [9.17, 15) is 9.59 Å². The Labute approximate surface area is 140 Å². The smallest absolute Gasteiger partial charge is 0.227 e. The quantitative estimate of drug-likeness (QED) is 0.876. The minimum absolute atomic E-state index is 0.0338. The zero-order chi connectivity index (χ0) is 16.1. The highest BCUT2D eigenvalue weighted by molar-refractivity contribution is 7.09. The second-order valence-corrected chi connectivity index (χ2v) is 6.71. The minimum Gasteiger partial charge on any atom is -0.326 e. The van der Waals surface area contributed by atoms with Crippen molar-refractivity contribution in [2.24, 2.45) is 0 Å². The molecule has 0 aliphatic carbocycles. The fourth-order valence-electron chi connectivity index (χ4n) is 2.75. The lowest BCUT2D eigenvalue weighted by Crippen LogP contribution is -2.23. The summed E-state index contributed by atoms with van der Waals surface area (Å²) in [6, 6.07) is 11.6. The lowest BCUT2D eigenvalue weighted by atomic mass is 10.2. The van der Waals surface area contributed by atoms with Crippen LogP contribution in [-0.2, 0) is 16.0 Å². The zero-order valence-electron chi connectivity index (χ0n) is 13.0. The van der Waals surface area contributed by atoms with Crippen LogP contribution in [0, 0.1) is 0 Å². The Morgan fingerprint density at radius 3 is 2.70 bits per heavy atom. The van der Waals surface area contributed by atoms with E-state index < -0.39 is 0 Å². The van der Waals surface area contributed by atoms with Crippen molar-refractivity contribution in [1.29, 1.82) is 0 Å². The first-order chi connectivity index (χ1) is 11.2. The molecule has 1 aromatic carbocycles. The lowest BCUT2D eigenvalue weighted by Gasteiger charge is -2.16. The fraction of sp³-hybridized carbons (Fsp3) is 0.333. The largest absolute Gasteiger partial charge is 0.326 e. The molecule has 2 aromatic rings. The molecular weight excluding hydrogens is 308 g/mol. The molecule has 1 aliphatic heterocycles. The maximum Gasteiger partial charge on any atom is 0.227 e. The summed E-state index contributed by atoms with van der Waals surface area (Å²) in [5.74, 6) is 0.210. The van der Waals surface area contributed by atoms with Gasteiger partial charge in [-0.3, -0.25) is 9.59 Å². The van der Waals surface area contributed by atoms with E-state index >= 15 is 0 Å². The number of aryl methyl sites for hydroxylation is 1. The number of hydrogen-bond donors (Lipinski definition) is 1. The summed E-state index contributed by atoms with van der Waals surface area (Å²) in [6.07, 6.45) is 3.86. The molecule has 0 saturated carbocycles. The van der Waals surface area contributed by atoms with Gasteiger partial charge in [-0.1, -0.05) is 6.07 Å². The highest BCUT2D eigenvalue weighted by atomic mass is 32.1. The van der Waals surface area contributed by atoms with Crippen LogP contribution in [0.5, 0.6) is 0 Å². The number of thiophene rings is 1. The summed E-state index contributed by atoms with van der Waals surface area (Å²) in [4.78, 5) is 26.8. The van der Waals surface area contributed by atoms with Gasteiger partial charge in [0.05, 0.1) is 0 Å². The Balaban J connectivity index is 1.47. The number of carbonyl (C=O) groups is 2. The summed E-state index contributed by atoms with van der Waals surface area (Å²) < 4.78 is 0. The van der Waals surface area contributed by atoms with E-state index in [4.69, 9.17) is 0 Å². The SMILES string of the molecule is O=C(CCCc1cccs1)Nc1ccc(N2CCCC2=O)cc1. The molecule has 1 N–H and O–H groups in total. The van der Waals surface area contributed by atoms with Gasteiger partial charge in [0.1, 0.15) is 0 Å². The van der Waals surface area contributed by atoms with Crippen LogP contribution >= 0.6 is 11.3 Å². The Bertz CT molecular complexity index is 665. The molecule has 23 heavy (non-hydrogen) atoms. The molecule has 5 heteroatoms. The molecule has 1 saturated heterocycles. The third-order valence-corrected chi connectivity index (χ3v) is 4.88. The van der Waals surface area contributed by atoms with Crippen LogP contribution in [0.15, 0.2) is 41.8 Å². The molecule has 1 aromatic heterocycles. The van der Waals surface area contributed by atoms with E-state index in [2.05, 4.69) is 16.8 Å². The van der Waals surface area contributed by atoms with E-state index in [-0.39, 0.29) is 11.8 Å². The topological polar surface area (TPSA) is 49.4 Å². The van der Waals surface area contributed by atoms with Gasteiger partial charge in [-0.05, 0) is 55.0 Å². The van der Waals surface area contributed by atoms with Crippen molar-refractivity contribution in [3.05, 3.63) is 46.7 Å². The number of rotatable bonds is 6. The highest BCUT2D eigenvalue weighted by Crippen LogP contribution is 2.23. The molecule has 2 heterocycles. The summed E-state index contributed by atoms with van der Waals surface area (Å²) in [5.41, 5.74) is 1.68. The molecule has 4 nitrogen and oxygen atoms in total. The number of hydrogen-bond acceptors (Lipinski definition) is 3. The van der Waals surface area contributed by atoms with E-state index in [1.54, 1.807) is 16.2 Å². The number of benzene rings is 1. The normalized spacial score (nSPS) is 14.3. The third-order valence-electron chi connectivity index (χ3n) is 3.94. The van der Waals surface area contributed by atoms with Crippen molar-refractivity contribution in [3.8, 4) is 0 Å². The van der Waals surface area contributed by atoms with Gasteiger partial charge in [-0.2, -0.15) is 0 Å². The molecule has 0 atom stereocenters. The van der Waals surface area contributed by atoms with Crippen molar-refractivity contribution in [2.75, 3.05) is 16.8 Å². The van der Waals surface area contributed by atoms with Gasteiger partial charge in [-0.25, -0.2) is 0 Å². The molecule has 0 spiro atoms. The maximum absolute atomic E-state index is 12.0. The van der Waals surface area contributed by atoms with Crippen LogP contribution in [0.2, 0.25) is 0 Å². The van der Waals surface area contributed by atoms with Gasteiger partial charge in [0.25, 0.3) is 0 Å². The van der Waals surface area contributed by atoms with E-state index in [0.29, 0.717) is 12.8 Å². The van der Waals surface area contributed by atoms with Gasteiger partial charge >= 0.3 is 0 Å². The average molecular weight is 328 g/mol. The van der Waals surface area contributed by atoms with E-state index in [1.807, 2.05) is 30.3 Å². The lowest BCUT2D eigenvalue weighted by molar-refractivity contribution is -0.117. The molecule has 0 radical (unpaired) electrons. The highest BCUT2D eigenvalue weighted by Gasteiger charge is 2.21.